The Balaban J connectivity index is 2.00. The van der Waals surface area contributed by atoms with Crippen LogP contribution in [-0.2, 0) is 6.54 Å². The Labute approximate surface area is 163 Å². The second-order valence-corrected chi connectivity index (χ2v) is 7.08. The number of hydrogen-bond donors (Lipinski definition) is 0. The summed E-state index contributed by atoms with van der Waals surface area (Å²) in [5, 5.41) is 0. The van der Waals surface area contributed by atoms with Gasteiger partial charge in [0.2, 0.25) is 0 Å². The highest BCUT2D eigenvalue weighted by Gasteiger charge is 2.12. The zero-order valence-corrected chi connectivity index (χ0v) is 17.0. The zero-order chi connectivity index (χ0) is 19.4. The molecule has 2 aromatic carbocycles. The SMILES string of the molecule is CCN(CC)c1ccc(C(=O)N=c2sc3cccc(OC)c3n2CC)cc1. The molecule has 0 spiro atoms. The van der Waals surface area contributed by atoms with Gasteiger partial charge in [-0.2, -0.15) is 4.99 Å². The maximum absolute atomic E-state index is 12.7. The summed E-state index contributed by atoms with van der Waals surface area (Å²) in [7, 11) is 1.66. The van der Waals surface area contributed by atoms with Crippen molar-refractivity contribution in [1.29, 1.82) is 0 Å². The van der Waals surface area contributed by atoms with Gasteiger partial charge in [-0.3, -0.25) is 4.79 Å². The van der Waals surface area contributed by atoms with Gasteiger partial charge in [-0.1, -0.05) is 17.4 Å². The molecule has 0 saturated heterocycles. The van der Waals surface area contributed by atoms with Gasteiger partial charge in [0.1, 0.15) is 11.3 Å². The third-order valence-electron chi connectivity index (χ3n) is 4.64. The third-order valence-corrected chi connectivity index (χ3v) is 5.68. The van der Waals surface area contributed by atoms with E-state index in [1.54, 1.807) is 7.11 Å². The molecule has 0 N–H and O–H groups in total. The van der Waals surface area contributed by atoms with Gasteiger partial charge in [0.25, 0.3) is 5.91 Å². The number of fused-ring (bicyclic) bond motifs is 1. The summed E-state index contributed by atoms with van der Waals surface area (Å²) >= 11 is 1.50. The average molecular weight is 384 g/mol. The maximum Gasteiger partial charge on any atom is 0.279 e. The number of ether oxygens (including phenoxy) is 1. The molecule has 0 radical (unpaired) electrons. The quantitative estimate of drug-likeness (QED) is 0.637. The molecule has 0 aliphatic heterocycles. The molecule has 3 aromatic rings. The summed E-state index contributed by atoms with van der Waals surface area (Å²) in [6.45, 7) is 8.88. The number of thiazole rings is 1. The number of amides is 1. The molecule has 27 heavy (non-hydrogen) atoms. The molecule has 0 bridgehead atoms. The van der Waals surface area contributed by atoms with Crippen LogP contribution < -0.4 is 14.4 Å². The fourth-order valence-electron chi connectivity index (χ4n) is 3.20. The second-order valence-electron chi connectivity index (χ2n) is 6.07. The highest BCUT2D eigenvalue weighted by Crippen LogP contribution is 2.27. The number of hydrogen-bond acceptors (Lipinski definition) is 4. The van der Waals surface area contributed by atoms with Gasteiger partial charge >= 0.3 is 0 Å². The number of rotatable bonds is 6. The number of benzene rings is 2. The van der Waals surface area contributed by atoms with Crippen LogP contribution in [0.15, 0.2) is 47.5 Å². The van der Waals surface area contributed by atoms with Crippen molar-refractivity contribution < 1.29 is 9.53 Å². The molecule has 5 nitrogen and oxygen atoms in total. The van der Waals surface area contributed by atoms with Crippen molar-refractivity contribution in [2.45, 2.75) is 27.3 Å². The van der Waals surface area contributed by atoms with Crippen molar-refractivity contribution in [3.8, 4) is 5.75 Å². The molecule has 0 unspecified atom stereocenters. The van der Waals surface area contributed by atoms with Crippen LogP contribution in [-0.4, -0.2) is 30.7 Å². The van der Waals surface area contributed by atoms with E-state index in [1.165, 1.54) is 11.3 Å². The summed E-state index contributed by atoms with van der Waals surface area (Å²) in [4.78, 5) is 20.1. The van der Waals surface area contributed by atoms with E-state index in [1.807, 2.05) is 54.0 Å². The minimum absolute atomic E-state index is 0.228. The fraction of sp³-hybridized carbons (Fsp3) is 0.333. The Kier molecular flexibility index (Phi) is 5.96. The van der Waals surface area contributed by atoms with E-state index in [2.05, 4.69) is 23.7 Å². The molecule has 0 aliphatic carbocycles. The molecule has 0 aliphatic rings. The molecular weight excluding hydrogens is 358 g/mol. The number of carbonyl (C=O) groups excluding carboxylic acids is 1. The van der Waals surface area contributed by atoms with Crippen molar-refractivity contribution >= 4 is 33.1 Å². The van der Waals surface area contributed by atoms with E-state index >= 15 is 0 Å². The number of anilines is 1. The highest BCUT2D eigenvalue weighted by molar-refractivity contribution is 7.16. The Morgan fingerprint density at radius 3 is 2.41 bits per heavy atom. The summed E-state index contributed by atoms with van der Waals surface area (Å²) in [5.74, 6) is 0.567. The van der Waals surface area contributed by atoms with Crippen LogP contribution in [0.4, 0.5) is 5.69 Å². The number of aryl methyl sites for hydroxylation is 1. The molecule has 1 heterocycles. The van der Waals surface area contributed by atoms with Crippen molar-refractivity contribution in [1.82, 2.24) is 4.57 Å². The second kappa shape index (κ2) is 8.39. The minimum Gasteiger partial charge on any atom is -0.495 e. The fourth-order valence-corrected chi connectivity index (χ4v) is 4.31. The lowest BCUT2D eigenvalue weighted by Crippen LogP contribution is -2.21. The summed E-state index contributed by atoms with van der Waals surface area (Å²) < 4.78 is 8.57. The average Bonchev–Trinajstić information content (AvgIpc) is 3.06. The van der Waals surface area contributed by atoms with Gasteiger partial charge in [-0.05, 0) is 57.2 Å². The molecule has 1 amide bonds. The highest BCUT2D eigenvalue weighted by atomic mass is 32.1. The largest absolute Gasteiger partial charge is 0.495 e. The van der Waals surface area contributed by atoms with Gasteiger partial charge in [-0.25, -0.2) is 0 Å². The van der Waals surface area contributed by atoms with Gasteiger partial charge in [0, 0.05) is 30.9 Å². The van der Waals surface area contributed by atoms with E-state index in [9.17, 15) is 4.79 Å². The lowest BCUT2D eigenvalue weighted by molar-refractivity contribution is 0.0998. The number of methoxy groups -OCH3 is 1. The number of aromatic nitrogens is 1. The first-order valence-electron chi connectivity index (χ1n) is 9.23. The normalized spacial score (nSPS) is 11.8. The Morgan fingerprint density at radius 2 is 1.81 bits per heavy atom. The van der Waals surface area contributed by atoms with Crippen LogP contribution in [0.2, 0.25) is 0 Å². The van der Waals surface area contributed by atoms with Crippen LogP contribution in [0, 0.1) is 0 Å². The maximum atomic E-state index is 12.7. The smallest absolute Gasteiger partial charge is 0.279 e. The molecule has 0 fully saturated rings. The molecule has 1 aromatic heterocycles. The Morgan fingerprint density at radius 1 is 1.11 bits per heavy atom. The van der Waals surface area contributed by atoms with Crippen LogP contribution >= 0.6 is 11.3 Å². The van der Waals surface area contributed by atoms with E-state index in [4.69, 9.17) is 4.74 Å². The lowest BCUT2D eigenvalue weighted by Gasteiger charge is -2.20. The molecule has 0 saturated carbocycles. The molecule has 142 valence electrons. The van der Waals surface area contributed by atoms with Crippen LogP contribution in [0.3, 0.4) is 0 Å². The first-order chi connectivity index (χ1) is 13.1. The van der Waals surface area contributed by atoms with Gasteiger partial charge in [0.05, 0.1) is 11.8 Å². The molecule has 0 atom stereocenters. The third kappa shape index (κ3) is 3.76. The van der Waals surface area contributed by atoms with Crippen LogP contribution in [0.5, 0.6) is 5.75 Å². The van der Waals surface area contributed by atoms with E-state index < -0.39 is 0 Å². The van der Waals surface area contributed by atoms with Crippen molar-refractivity contribution in [3.63, 3.8) is 0 Å². The number of carbonyl (C=O) groups is 1. The van der Waals surface area contributed by atoms with Crippen molar-refractivity contribution in [3.05, 3.63) is 52.8 Å². The monoisotopic (exact) mass is 383 g/mol. The van der Waals surface area contributed by atoms with Crippen LogP contribution in [0.25, 0.3) is 10.2 Å². The number of para-hydroxylation sites is 1. The van der Waals surface area contributed by atoms with Gasteiger partial charge in [0.15, 0.2) is 4.80 Å². The standard InChI is InChI=1S/C21H25N3O2S/c1-5-23(6-2)16-13-11-15(12-14-16)20(25)22-21-24(7-3)19-17(26-4)9-8-10-18(19)27-21/h8-14H,5-7H2,1-4H3. The van der Waals surface area contributed by atoms with Crippen LogP contribution in [0.1, 0.15) is 31.1 Å². The summed E-state index contributed by atoms with van der Waals surface area (Å²) in [6.07, 6.45) is 0. The predicted molar refractivity (Wildman–Crippen MR) is 112 cm³/mol. The first kappa shape index (κ1) is 19.2. The molecular formula is C21H25N3O2S. The first-order valence-corrected chi connectivity index (χ1v) is 10.0. The predicted octanol–water partition coefficient (Wildman–Crippen LogP) is 4.32. The Hall–Kier alpha value is -2.60. The van der Waals surface area contributed by atoms with Crippen molar-refractivity contribution in [2.24, 2.45) is 4.99 Å². The zero-order valence-electron chi connectivity index (χ0n) is 16.2. The lowest BCUT2D eigenvalue weighted by atomic mass is 10.2. The van der Waals surface area contributed by atoms with E-state index in [0.29, 0.717) is 16.9 Å². The molecule has 3 rings (SSSR count). The van der Waals surface area contributed by atoms with Crippen molar-refractivity contribution in [2.75, 3.05) is 25.1 Å². The summed E-state index contributed by atoms with van der Waals surface area (Å²) in [6, 6.07) is 13.6. The van der Waals surface area contributed by atoms with E-state index in [0.717, 1.165) is 34.7 Å². The van der Waals surface area contributed by atoms with Gasteiger partial charge < -0.3 is 14.2 Å². The number of nitrogens with zero attached hydrogens (tertiary/aromatic N) is 3. The topological polar surface area (TPSA) is 46.8 Å². The Bertz CT molecular complexity index is 998. The van der Waals surface area contributed by atoms with E-state index in [-0.39, 0.29) is 5.91 Å². The minimum atomic E-state index is -0.228. The van der Waals surface area contributed by atoms with Gasteiger partial charge in [-0.15, -0.1) is 0 Å². The summed E-state index contributed by atoms with van der Waals surface area (Å²) in [5.41, 5.74) is 2.70. The molecule has 6 heteroatoms.